The molecule has 0 aliphatic carbocycles. The van der Waals surface area contributed by atoms with Crippen LogP contribution in [0.15, 0.2) is 54.9 Å². The Hall–Kier alpha value is -3.68. The minimum atomic E-state index is -0.949. The molecule has 31 heavy (non-hydrogen) atoms. The SMILES string of the molecule is COc1ccc(F)cc1C(=O)N1CC[C@]2(C(=O)Nc3ccccc32)[C@@H]1c1cnn(C)c1. The molecule has 1 fully saturated rings. The number of nitrogens with one attached hydrogen (secondary N) is 1. The van der Waals surface area contributed by atoms with Crippen molar-refractivity contribution < 1.29 is 18.7 Å². The number of carbonyl (C=O) groups is 2. The molecule has 3 heterocycles. The van der Waals surface area contributed by atoms with Gasteiger partial charge in [0.2, 0.25) is 5.91 Å². The number of carbonyl (C=O) groups excluding carboxylic acids is 2. The van der Waals surface area contributed by atoms with Crippen LogP contribution in [-0.2, 0) is 17.3 Å². The van der Waals surface area contributed by atoms with E-state index in [4.69, 9.17) is 4.74 Å². The average Bonchev–Trinajstić information content (AvgIpc) is 3.44. The second kappa shape index (κ2) is 6.94. The first-order valence-corrected chi connectivity index (χ1v) is 9.99. The molecule has 2 amide bonds. The Labute approximate surface area is 178 Å². The molecule has 158 valence electrons. The largest absolute Gasteiger partial charge is 0.496 e. The van der Waals surface area contributed by atoms with E-state index in [1.165, 1.54) is 25.3 Å². The second-order valence-corrected chi connectivity index (χ2v) is 7.91. The van der Waals surface area contributed by atoms with E-state index in [0.717, 1.165) is 16.8 Å². The van der Waals surface area contributed by atoms with Gasteiger partial charge in [-0.1, -0.05) is 18.2 Å². The van der Waals surface area contributed by atoms with E-state index in [1.54, 1.807) is 22.8 Å². The third-order valence-corrected chi connectivity index (χ3v) is 6.28. The summed E-state index contributed by atoms with van der Waals surface area (Å²) in [5.74, 6) is -0.781. The fourth-order valence-electron chi connectivity index (χ4n) is 4.95. The molecule has 2 aromatic carbocycles. The third kappa shape index (κ3) is 2.74. The summed E-state index contributed by atoms with van der Waals surface area (Å²) < 4.78 is 21.0. The molecule has 2 aliphatic heterocycles. The molecule has 1 spiro atoms. The van der Waals surface area contributed by atoms with Crippen molar-refractivity contribution >= 4 is 17.5 Å². The number of aromatic nitrogens is 2. The first-order valence-electron chi connectivity index (χ1n) is 9.99. The van der Waals surface area contributed by atoms with Crippen LogP contribution in [0.3, 0.4) is 0 Å². The molecule has 7 nitrogen and oxygen atoms in total. The number of hydrogen-bond donors (Lipinski definition) is 1. The maximum Gasteiger partial charge on any atom is 0.258 e. The Morgan fingerprint density at radius 2 is 2.10 bits per heavy atom. The lowest BCUT2D eigenvalue weighted by molar-refractivity contribution is -0.121. The zero-order valence-corrected chi connectivity index (χ0v) is 17.1. The van der Waals surface area contributed by atoms with Gasteiger partial charge in [-0.15, -0.1) is 0 Å². The van der Waals surface area contributed by atoms with Crippen molar-refractivity contribution in [2.45, 2.75) is 17.9 Å². The summed E-state index contributed by atoms with van der Waals surface area (Å²) >= 11 is 0. The summed E-state index contributed by atoms with van der Waals surface area (Å²) in [7, 11) is 3.23. The van der Waals surface area contributed by atoms with Crippen molar-refractivity contribution in [3.05, 3.63) is 77.4 Å². The minimum absolute atomic E-state index is 0.125. The van der Waals surface area contributed by atoms with Gasteiger partial charge in [0.15, 0.2) is 0 Å². The standard InChI is InChI=1S/C23H21FN4O3/c1-27-13-14(12-25-27)20-23(17-5-3-4-6-18(17)26-22(23)30)9-10-28(20)21(29)16-11-15(24)7-8-19(16)31-2/h3-8,11-13,20H,9-10H2,1-2H3,(H,26,30)/t20-,23+/m0/s1. The predicted octanol–water partition coefficient (Wildman–Crippen LogP) is 3.05. The number of amides is 2. The van der Waals surface area contributed by atoms with Gasteiger partial charge in [-0.2, -0.15) is 5.10 Å². The molecule has 1 N–H and O–H groups in total. The molecule has 0 unspecified atom stereocenters. The van der Waals surface area contributed by atoms with Gasteiger partial charge in [0.05, 0.1) is 24.9 Å². The molecule has 1 saturated heterocycles. The maximum absolute atomic E-state index is 14.0. The Bertz CT molecular complexity index is 1210. The Kier molecular flexibility index (Phi) is 4.32. The highest BCUT2D eigenvalue weighted by atomic mass is 19.1. The first kappa shape index (κ1) is 19.3. The van der Waals surface area contributed by atoms with Gasteiger partial charge in [0.1, 0.15) is 17.0 Å². The molecule has 1 aromatic heterocycles. The molecule has 0 bridgehead atoms. The van der Waals surface area contributed by atoms with Crippen LogP contribution >= 0.6 is 0 Å². The zero-order chi connectivity index (χ0) is 21.8. The number of methoxy groups -OCH3 is 1. The smallest absolute Gasteiger partial charge is 0.258 e. The lowest BCUT2D eigenvalue weighted by atomic mass is 9.73. The molecule has 3 aromatic rings. The van der Waals surface area contributed by atoms with Gasteiger partial charge in [-0.25, -0.2) is 4.39 Å². The molecule has 8 heteroatoms. The van der Waals surface area contributed by atoms with Crippen LogP contribution in [0.1, 0.15) is 33.9 Å². The summed E-state index contributed by atoms with van der Waals surface area (Å²) in [4.78, 5) is 28.7. The van der Waals surface area contributed by atoms with Gasteiger partial charge in [-0.05, 0) is 36.2 Å². The number of halogens is 1. The fourth-order valence-corrected chi connectivity index (χ4v) is 4.95. The number of para-hydroxylation sites is 1. The van der Waals surface area contributed by atoms with Crippen LogP contribution in [0, 0.1) is 5.82 Å². The van der Waals surface area contributed by atoms with Crippen LogP contribution < -0.4 is 10.1 Å². The highest BCUT2D eigenvalue weighted by molar-refractivity contribution is 6.08. The fraction of sp³-hybridized carbons (Fsp3) is 0.261. The number of anilines is 1. The number of aryl methyl sites for hydroxylation is 1. The summed E-state index contributed by atoms with van der Waals surface area (Å²) in [5.41, 5.74) is 1.53. The van der Waals surface area contributed by atoms with Gasteiger partial charge in [-0.3, -0.25) is 14.3 Å². The number of hydrogen-bond acceptors (Lipinski definition) is 4. The second-order valence-electron chi connectivity index (χ2n) is 7.91. The minimum Gasteiger partial charge on any atom is -0.496 e. The number of likely N-dealkylation sites (tertiary alicyclic amines) is 1. The molecular weight excluding hydrogens is 399 g/mol. The van der Waals surface area contributed by atoms with Crippen LogP contribution in [0.5, 0.6) is 5.75 Å². The summed E-state index contributed by atoms with van der Waals surface area (Å²) in [5, 5.41) is 7.25. The van der Waals surface area contributed by atoms with Crippen LogP contribution in [0.4, 0.5) is 10.1 Å². The lowest BCUT2D eigenvalue weighted by Gasteiger charge is -2.33. The van der Waals surface area contributed by atoms with E-state index in [9.17, 15) is 14.0 Å². The van der Waals surface area contributed by atoms with Crippen molar-refractivity contribution in [1.29, 1.82) is 0 Å². The molecule has 2 aliphatic rings. The topological polar surface area (TPSA) is 76.5 Å². The normalized spacial score (nSPS) is 22.0. The summed E-state index contributed by atoms with van der Waals surface area (Å²) in [6.07, 6.45) is 3.93. The Balaban J connectivity index is 1.67. The van der Waals surface area contributed by atoms with Crippen molar-refractivity contribution in [2.75, 3.05) is 19.0 Å². The quantitative estimate of drug-likeness (QED) is 0.707. The molecule has 0 saturated carbocycles. The number of nitrogens with zero attached hydrogens (tertiary/aromatic N) is 3. The molecule has 5 rings (SSSR count). The van der Waals surface area contributed by atoms with Crippen LogP contribution in [0.2, 0.25) is 0 Å². The maximum atomic E-state index is 14.0. The summed E-state index contributed by atoms with van der Waals surface area (Å²) in [6, 6.07) is 10.8. The van der Waals surface area contributed by atoms with E-state index in [-0.39, 0.29) is 23.1 Å². The van der Waals surface area contributed by atoms with Crippen LogP contribution in [-0.4, -0.2) is 40.1 Å². The highest BCUT2D eigenvalue weighted by Crippen LogP contribution is 2.55. The predicted molar refractivity (Wildman–Crippen MR) is 111 cm³/mol. The van der Waals surface area contributed by atoms with E-state index in [0.29, 0.717) is 13.0 Å². The molecular formula is C23H21FN4O3. The molecule has 2 atom stereocenters. The van der Waals surface area contributed by atoms with Crippen molar-refractivity contribution in [1.82, 2.24) is 14.7 Å². The van der Waals surface area contributed by atoms with Gasteiger partial charge < -0.3 is 15.0 Å². The van der Waals surface area contributed by atoms with Crippen molar-refractivity contribution in [2.24, 2.45) is 7.05 Å². The van der Waals surface area contributed by atoms with Gasteiger partial charge >= 0.3 is 0 Å². The number of benzene rings is 2. The number of fused-ring (bicyclic) bond motifs is 2. The number of rotatable bonds is 3. The average molecular weight is 420 g/mol. The van der Waals surface area contributed by atoms with E-state index >= 15 is 0 Å². The third-order valence-electron chi connectivity index (χ3n) is 6.28. The Morgan fingerprint density at radius 1 is 1.29 bits per heavy atom. The zero-order valence-electron chi connectivity index (χ0n) is 17.1. The first-order chi connectivity index (χ1) is 15.0. The number of ether oxygens (including phenoxy) is 1. The lowest BCUT2D eigenvalue weighted by Crippen LogP contribution is -2.42. The van der Waals surface area contributed by atoms with Gasteiger partial charge in [0.25, 0.3) is 5.91 Å². The molecule has 0 radical (unpaired) electrons. The van der Waals surface area contributed by atoms with Crippen LogP contribution in [0.25, 0.3) is 0 Å². The van der Waals surface area contributed by atoms with E-state index < -0.39 is 17.3 Å². The summed E-state index contributed by atoms with van der Waals surface area (Å²) in [6.45, 7) is 0.333. The Morgan fingerprint density at radius 3 is 2.84 bits per heavy atom. The van der Waals surface area contributed by atoms with Crippen molar-refractivity contribution in [3.8, 4) is 5.75 Å². The van der Waals surface area contributed by atoms with E-state index in [2.05, 4.69) is 10.4 Å². The monoisotopic (exact) mass is 420 g/mol. The highest BCUT2D eigenvalue weighted by Gasteiger charge is 2.59. The van der Waals surface area contributed by atoms with Crippen molar-refractivity contribution in [3.63, 3.8) is 0 Å². The van der Waals surface area contributed by atoms with E-state index in [1.807, 2.05) is 30.5 Å². The van der Waals surface area contributed by atoms with Gasteiger partial charge in [0, 0.05) is 31.0 Å².